The summed E-state index contributed by atoms with van der Waals surface area (Å²) in [7, 11) is 0. The second-order valence-electron chi connectivity index (χ2n) is 7.73. The van der Waals surface area contributed by atoms with Crippen molar-refractivity contribution in [2.45, 2.75) is 25.3 Å². The lowest BCUT2D eigenvalue weighted by Gasteiger charge is -2.22. The van der Waals surface area contributed by atoms with Crippen LogP contribution in [0.15, 0.2) is 55.1 Å². The highest BCUT2D eigenvalue weighted by molar-refractivity contribution is 5.81. The molecule has 9 heteroatoms. The molecular formula is C22H20N8O. The SMILES string of the molecule is c1cnc2cc(-n3nnc4cnc(Cc5cnn(C6CCOCC6)c5)nc43)ccc2c1. The summed E-state index contributed by atoms with van der Waals surface area (Å²) in [6.45, 7) is 1.59. The van der Waals surface area contributed by atoms with Gasteiger partial charge in [-0.05, 0) is 36.6 Å². The number of hydrogen-bond donors (Lipinski definition) is 0. The molecule has 0 N–H and O–H groups in total. The molecule has 0 amide bonds. The van der Waals surface area contributed by atoms with Gasteiger partial charge in [0.2, 0.25) is 0 Å². The molecule has 0 unspecified atom stereocenters. The van der Waals surface area contributed by atoms with Crippen molar-refractivity contribution in [3.05, 3.63) is 66.5 Å². The van der Waals surface area contributed by atoms with Crippen LogP contribution in [-0.4, -0.2) is 52.9 Å². The number of benzene rings is 1. The first-order valence-corrected chi connectivity index (χ1v) is 10.4. The molecule has 9 nitrogen and oxygen atoms in total. The minimum absolute atomic E-state index is 0.401. The smallest absolute Gasteiger partial charge is 0.187 e. The third kappa shape index (κ3) is 3.42. The third-order valence-electron chi connectivity index (χ3n) is 5.66. The van der Waals surface area contributed by atoms with Gasteiger partial charge in [-0.15, -0.1) is 5.10 Å². The van der Waals surface area contributed by atoms with Crippen molar-refractivity contribution in [3.8, 4) is 5.69 Å². The molecule has 0 saturated carbocycles. The van der Waals surface area contributed by atoms with Crippen molar-refractivity contribution in [1.29, 1.82) is 0 Å². The molecule has 6 rings (SSSR count). The van der Waals surface area contributed by atoms with Gasteiger partial charge in [0.05, 0.1) is 29.6 Å². The van der Waals surface area contributed by atoms with Crippen LogP contribution in [0.2, 0.25) is 0 Å². The van der Waals surface area contributed by atoms with E-state index in [9.17, 15) is 0 Å². The number of pyridine rings is 1. The Morgan fingerprint density at radius 3 is 2.90 bits per heavy atom. The summed E-state index contributed by atoms with van der Waals surface area (Å²) in [5, 5.41) is 14.1. The number of fused-ring (bicyclic) bond motifs is 2. The molecule has 154 valence electrons. The standard InChI is InChI=1S/C22H20N8O/c1-2-16-3-4-18(11-19(16)23-7-1)30-22-20(27-28-30)13-24-21(26-22)10-15-12-25-29(14-15)17-5-8-31-9-6-17/h1-4,7,11-14,17H,5-6,8-10H2. The lowest BCUT2D eigenvalue weighted by Crippen LogP contribution is -2.19. The van der Waals surface area contributed by atoms with Crippen LogP contribution in [-0.2, 0) is 11.2 Å². The zero-order valence-corrected chi connectivity index (χ0v) is 16.8. The minimum atomic E-state index is 0.401. The maximum absolute atomic E-state index is 5.45. The Labute approximate surface area is 177 Å². The quantitative estimate of drug-likeness (QED) is 0.448. The zero-order chi connectivity index (χ0) is 20.6. The normalized spacial score (nSPS) is 15.1. The molecule has 1 aliphatic heterocycles. The largest absolute Gasteiger partial charge is 0.381 e. The van der Waals surface area contributed by atoms with Crippen LogP contribution < -0.4 is 0 Å². The van der Waals surface area contributed by atoms with Crippen molar-refractivity contribution in [2.75, 3.05) is 13.2 Å². The number of ether oxygens (including phenoxy) is 1. The van der Waals surface area contributed by atoms with Crippen molar-refractivity contribution in [3.63, 3.8) is 0 Å². The molecule has 1 aliphatic rings. The molecule has 0 bridgehead atoms. The van der Waals surface area contributed by atoms with E-state index in [1.165, 1.54) is 0 Å². The van der Waals surface area contributed by atoms with Crippen LogP contribution in [0.3, 0.4) is 0 Å². The molecule has 1 aromatic carbocycles. The van der Waals surface area contributed by atoms with Crippen LogP contribution in [0.25, 0.3) is 27.8 Å². The zero-order valence-electron chi connectivity index (χ0n) is 16.8. The second-order valence-corrected chi connectivity index (χ2v) is 7.73. The van der Waals surface area contributed by atoms with Gasteiger partial charge in [-0.1, -0.05) is 17.3 Å². The molecule has 0 spiro atoms. The molecular weight excluding hydrogens is 392 g/mol. The summed E-state index contributed by atoms with van der Waals surface area (Å²) in [5.74, 6) is 0.710. The van der Waals surface area contributed by atoms with E-state index in [0.29, 0.717) is 29.5 Å². The Morgan fingerprint density at radius 2 is 1.97 bits per heavy atom. The highest BCUT2D eigenvalue weighted by Gasteiger charge is 2.17. The fourth-order valence-electron chi connectivity index (χ4n) is 4.01. The van der Waals surface area contributed by atoms with Gasteiger partial charge >= 0.3 is 0 Å². The fourth-order valence-corrected chi connectivity index (χ4v) is 4.01. The molecule has 0 aliphatic carbocycles. The van der Waals surface area contributed by atoms with Crippen molar-refractivity contribution in [2.24, 2.45) is 0 Å². The van der Waals surface area contributed by atoms with E-state index in [2.05, 4.69) is 31.6 Å². The fraction of sp³-hybridized carbons (Fsp3) is 0.273. The van der Waals surface area contributed by atoms with Crippen LogP contribution in [0, 0.1) is 0 Å². The Bertz CT molecular complexity index is 1370. The van der Waals surface area contributed by atoms with Crippen molar-refractivity contribution >= 4 is 22.1 Å². The average Bonchev–Trinajstić information content (AvgIpc) is 3.46. The van der Waals surface area contributed by atoms with Gasteiger partial charge < -0.3 is 4.74 Å². The topological polar surface area (TPSA) is 96.4 Å². The lowest BCUT2D eigenvalue weighted by atomic mass is 10.1. The summed E-state index contributed by atoms with van der Waals surface area (Å²) >= 11 is 0. The molecule has 1 fully saturated rings. The predicted molar refractivity (Wildman–Crippen MR) is 114 cm³/mol. The van der Waals surface area contributed by atoms with E-state index in [1.807, 2.05) is 41.2 Å². The monoisotopic (exact) mass is 412 g/mol. The second kappa shape index (κ2) is 7.51. The van der Waals surface area contributed by atoms with Gasteiger partial charge in [-0.3, -0.25) is 9.67 Å². The van der Waals surface area contributed by atoms with Crippen LogP contribution in [0.1, 0.15) is 30.3 Å². The maximum atomic E-state index is 5.45. The van der Waals surface area contributed by atoms with E-state index in [0.717, 1.165) is 48.2 Å². The van der Waals surface area contributed by atoms with E-state index in [1.54, 1.807) is 17.1 Å². The number of aromatic nitrogens is 8. The van der Waals surface area contributed by atoms with Gasteiger partial charge in [0, 0.05) is 37.4 Å². The van der Waals surface area contributed by atoms with Crippen LogP contribution in [0.4, 0.5) is 0 Å². The maximum Gasteiger partial charge on any atom is 0.187 e. The lowest BCUT2D eigenvalue weighted by molar-refractivity contribution is 0.0662. The van der Waals surface area contributed by atoms with Crippen LogP contribution >= 0.6 is 0 Å². The Hall–Kier alpha value is -3.72. The Morgan fingerprint density at radius 1 is 1.03 bits per heavy atom. The number of rotatable bonds is 4. The van der Waals surface area contributed by atoms with Gasteiger partial charge in [0.1, 0.15) is 5.82 Å². The summed E-state index contributed by atoms with van der Waals surface area (Å²) < 4.78 is 9.23. The van der Waals surface area contributed by atoms with Crippen LogP contribution in [0.5, 0.6) is 0 Å². The first kappa shape index (κ1) is 18.1. The van der Waals surface area contributed by atoms with E-state index < -0.39 is 0 Å². The molecule has 5 heterocycles. The van der Waals surface area contributed by atoms with Gasteiger partial charge in [-0.2, -0.15) is 9.78 Å². The molecule has 0 radical (unpaired) electrons. The predicted octanol–water partition coefficient (Wildman–Crippen LogP) is 2.90. The van der Waals surface area contributed by atoms with E-state index >= 15 is 0 Å². The summed E-state index contributed by atoms with van der Waals surface area (Å²) in [6.07, 6.45) is 10.1. The highest BCUT2D eigenvalue weighted by Crippen LogP contribution is 2.22. The summed E-state index contributed by atoms with van der Waals surface area (Å²) in [4.78, 5) is 13.7. The highest BCUT2D eigenvalue weighted by atomic mass is 16.5. The Kier molecular flexibility index (Phi) is 4.38. The van der Waals surface area contributed by atoms with Gasteiger partial charge in [0.25, 0.3) is 0 Å². The van der Waals surface area contributed by atoms with E-state index in [4.69, 9.17) is 9.72 Å². The first-order chi connectivity index (χ1) is 15.3. The molecule has 4 aromatic heterocycles. The first-order valence-electron chi connectivity index (χ1n) is 10.4. The molecule has 0 atom stereocenters. The number of hydrogen-bond acceptors (Lipinski definition) is 7. The van der Waals surface area contributed by atoms with Gasteiger partial charge in [0.15, 0.2) is 11.2 Å². The van der Waals surface area contributed by atoms with Gasteiger partial charge in [-0.25, -0.2) is 9.97 Å². The third-order valence-corrected chi connectivity index (χ3v) is 5.66. The number of nitrogens with zero attached hydrogens (tertiary/aromatic N) is 8. The van der Waals surface area contributed by atoms with Crippen molar-refractivity contribution < 1.29 is 4.74 Å². The van der Waals surface area contributed by atoms with E-state index in [-0.39, 0.29) is 0 Å². The van der Waals surface area contributed by atoms with Crippen molar-refractivity contribution in [1.82, 2.24) is 39.7 Å². The molecule has 31 heavy (non-hydrogen) atoms. The summed E-state index contributed by atoms with van der Waals surface area (Å²) in [6, 6.07) is 10.4. The summed E-state index contributed by atoms with van der Waals surface area (Å²) in [5.41, 5.74) is 4.18. The minimum Gasteiger partial charge on any atom is -0.381 e. The Balaban J connectivity index is 1.31. The molecule has 1 saturated heterocycles. The average molecular weight is 412 g/mol. The molecule has 5 aromatic rings.